The van der Waals surface area contributed by atoms with Gasteiger partial charge in [-0.2, -0.15) is 0 Å². The number of para-hydroxylation sites is 4. The molecule has 70 heavy (non-hydrogen) atoms. The summed E-state index contributed by atoms with van der Waals surface area (Å²) in [5, 5.41) is 0. The van der Waals surface area contributed by atoms with E-state index in [1.807, 2.05) is 0 Å². The third kappa shape index (κ3) is 17.1. The minimum absolute atomic E-state index is 0.106. The van der Waals surface area contributed by atoms with Gasteiger partial charge in [-0.25, -0.2) is 0 Å². The van der Waals surface area contributed by atoms with Crippen molar-refractivity contribution in [2.75, 3.05) is 19.6 Å². The summed E-state index contributed by atoms with van der Waals surface area (Å²) in [7, 11) is 19.3. The summed E-state index contributed by atoms with van der Waals surface area (Å²) in [5.41, 5.74) is 16.1. The Kier molecular flexibility index (Phi) is 27.2. The zero-order chi connectivity index (χ0) is 52.2. The molecule has 4 radical (unpaired) electrons. The minimum Gasteiger partial charge on any atom is -0.262 e. The molecule has 6 nitrogen and oxygen atoms in total. The van der Waals surface area contributed by atoms with E-state index in [0.717, 1.165) is 0 Å². The molecule has 0 bridgehead atoms. The first-order chi connectivity index (χ1) is 33.3. The molecule has 2 aliphatic heterocycles. The summed E-state index contributed by atoms with van der Waals surface area (Å²) in [4.78, 5) is 16.2. The monoisotopic (exact) mass is 1210 g/mol. The standard InChI is InChI=1S/2C27H36N2.C4H4N2.4ClH.2Pd/c2*1-18(2)22-11-9-12-23(19(3)4)26(22)28-15-16-29(17-28)27-24(20(5)6)13-10-14-25(27)21(7)8;1-2-6-4-3-5-1;;;;;;/h2*9-16,18-21H,1-8H3;1-4H;4*1H;;/q;;;;;;;2*+2/p-4. The van der Waals surface area contributed by atoms with Crippen LogP contribution in [-0.4, -0.2) is 9.97 Å². The van der Waals surface area contributed by atoms with E-state index in [-0.39, 0.29) is 31.9 Å². The third-order valence-corrected chi connectivity index (χ3v) is 12.0. The summed E-state index contributed by atoms with van der Waals surface area (Å²) in [6, 6.07) is 26.8. The quantitative estimate of drug-likeness (QED) is 0.116. The molecule has 0 atom stereocenters. The normalized spacial score (nSPS) is 13.2. The van der Waals surface area contributed by atoms with Crippen molar-refractivity contribution >= 4 is 60.9 Å². The van der Waals surface area contributed by atoms with Crippen molar-refractivity contribution in [2.24, 2.45) is 0 Å². The molecule has 0 spiro atoms. The van der Waals surface area contributed by atoms with E-state index in [9.17, 15) is 0 Å². The van der Waals surface area contributed by atoms with E-state index in [4.69, 9.17) is 38.1 Å². The van der Waals surface area contributed by atoms with Gasteiger partial charge in [-0.3, -0.25) is 9.97 Å². The molecule has 0 amide bonds. The zero-order valence-electron chi connectivity index (χ0n) is 44.0. The molecule has 1 aromatic heterocycles. The van der Waals surface area contributed by atoms with Crippen LogP contribution < -0.4 is 19.6 Å². The van der Waals surface area contributed by atoms with Crippen LogP contribution in [-0.2, 0) is 31.9 Å². The van der Waals surface area contributed by atoms with Gasteiger partial charge in [0.1, 0.15) is 0 Å². The van der Waals surface area contributed by atoms with Gasteiger partial charge in [0.25, 0.3) is 0 Å². The molecule has 0 saturated heterocycles. The number of rotatable bonds is 12. The van der Waals surface area contributed by atoms with E-state index >= 15 is 0 Å². The Hall–Kier alpha value is -2.88. The SMILES string of the molecule is CC(C)c1cccc(C(C)C)c1N1[C]N(c2c(C(C)C)cccc2C(C)C)C=C1.CC(C)c1cccc(C(C)C)c1N1[C]N(c2c(C(C)C)cccc2C(C)C)C=C1.[Cl][Pd][Cl].[Cl][Pd][Cl].c1cnccn1. The van der Waals surface area contributed by atoms with Gasteiger partial charge in [-0.15, -0.1) is 0 Å². The molecule has 5 aromatic rings. The van der Waals surface area contributed by atoms with Crippen molar-refractivity contribution in [3.05, 3.63) is 180 Å². The number of aromatic nitrogens is 2. The van der Waals surface area contributed by atoms with Crippen LogP contribution in [0.1, 0.15) is 203 Å². The average Bonchev–Trinajstić information content (AvgIpc) is 4.03. The van der Waals surface area contributed by atoms with Gasteiger partial charge in [0.05, 0.1) is 22.7 Å². The molecule has 12 heteroatoms. The van der Waals surface area contributed by atoms with E-state index in [1.165, 1.54) is 67.3 Å². The summed E-state index contributed by atoms with van der Waals surface area (Å²) >= 11 is -0.211. The maximum absolute atomic E-state index is 4.81. The van der Waals surface area contributed by atoms with Crippen molar-refractivity contribution in [1.82, 2.24) is 9.97 Å². The Bertz CT molecular complexity index is 1940. The van der Waals surface area contributed by atoms with Gasteiger partial charge in [-0.05, 0) is 91.9 Å². The van der Waals surface area contributed by atoms with Crippen LogP contribution in [0.15, 0.2) is 122 Å². The first kappa shape index (κ1) is 61.4. The molecular formula is C58H76Cl4N6Pd2. The smallest absolute Gasteiger partial charge is 0.0451 e. The summed E-state index contributed by atoms with van der Waals surface area (Å²) < 4.78 is 0. The number of benzene rings is 4. The maximum Gasteiger partial charge on any atom is 0.0451 e. The Morgan fingerprint density at radius 2 is 0.457 bits per heavy atom. The molecule has 386 valence electrons. The van der Waals surface area contributed by atoms with Crippen molar-refractivity contribution in [3.63, 3.8) is 0 Å². The van der Waals surface area contributed by atoms with Gasteiger partial charge in [0.15, 0.2) is 0 Å². The Morgan fingerprint density at radius 3 is 0.571 bits per heavy atom. The molecule has 2 aliphatic rings. The second-order valence-electron chi connectivity index (χ2n) is 19.6. The second-order valence-corrected chi connectivity index (χ2v) is 24.4. The topological polar surface area (TPSA) is 38.7 Å². The number of nitrogens with zero attached hydrogens (tertiary/aromatic N) is 6. The summed E-state index contributed by atoms with van der Waals surface area (Å²) in [6.07, 6.45) is 15.2. The molecular weight excluding hydrogens is 1140 g/mol. The number of hydrogen-bond donors (Lipinski definition) is 0. The fraction of sp³-hybridized carbons (Fsp3) is 0.414. The largest absolute Gasteiger partial charge is 0.262 e. The van der Waals surface area contributed by atoms with Crippen molar-refractivity contribution in [3.8, 4) is 0 Å². The van der Waals surface area contributed by atoms with Crippen LogP contribution in [0, 0.1) is 13.3 Å². The van der Waals surface area contributed by atoms with E-state index in [1.54, 1.807) is 24.8 Å². The van der Waals surface area contributed by atoms with Crippen LogP contribution in [0.5, 0.6) is 0 Å². The molecule has 0 aliphatic carbocycles. The van der Waals surface area contributed by atoms with Crippen LogP contribution in [0.25, 0.3) is 0 Å². The number of hydrogen-bond acceptors (Lipinski definition) is 6. The molecule has 3 heterocycles. The number of anilines is 4. The minimum atomic E-state index is -0.106. The average molecular weight is 1210 g/mol. The van der Waals surface area contributed by atoms with Gasteiger partial charge in [0, 0.05) is 49.6 Å². The second kappa shape index (κ2) is 31.0. The van der Waals surface area contributed by atoms with Crippen molar-refractivity contribution < 1.29 is 31.9 Å². The third-order valence-electron chi connectivity index (χ3n) is 12.0. The maximum atomic E-state index is 4.81. The van der Waals surface area contributed by atoms with Gasteiger partial charge in [-0.1, -0.05) is 184 Å². The number of halogens is 4. The molecule has 0 unspecified atom stereocenters. The fourth-order valence-electron chi connectivity index (χ4n) is 8.54. The molecule has 0 saturated carbocycles. The zero-order valence-corrected chi connectivity index (χ0v) is 50.1. The Labute approximate surface area is 456 Å². The van der Waals surface area contributed by atoms with E-state index in [0.29, 0.717) is 47.3 Å². The Balaban J connectivity index is 0.000000300. The summed E-state index contributed by atoms with van der Waals surface area (Å²) in [5.74, 6) is 3.68. The molecule has 0 N–H and O–H groups in total. The van der Waals surface area contributed by atoms with Crippen LogP contribution in [0.3, 0.4) is 0 Å². The van der Waals surface area contributed by atoms with Crippen molar-refractivity contribution in [2.45, 2.75) is 158 Å². The van der Waals surface area contributed by atoms with Crippen LogP contribution in [0.4, 0.5) is 22.7 Å². The van der Waals surface area contributed by atoms with Gasteiger partial charge < -0.3 is 19.6 Å². The predicted octanol–water partition coefficient (Wildman–Crippen LogP) is 19.2. The summed E-state index contributed by atoms with van der Waals surface area (Å²) in [6.45, 7) is 43.6. The Morgan fingerprint density at radius 1 is 0.314 bits per heavy atom. The van der Waals surface area contributed by atoms with Crippen molar-refractivity contribution in [1.29, 1.82) is 0 Å². The molecule has 0 fully saturated rings. The fourth-order valence-corrected chi connectivity index (χ4v) is 8.54. The van der Waals surface area contributed by atoms with E-state index in [2.05, 4.69) is 251 Å². The molecule has 7 rings (SSSR count). The predicted molar refractivity (Wildman–Crippen MR) is 299 cm³/mol. The van der Waals surface area contributed by atoms with Crippen LogP contribution >= 0.6 is 38.1 Å². The van der Waals surface area contributed by atoms with Crippen LogP contribution in [0.2, 0.25) is 0 Å². The molecule has 4 aromatic carbocycles. The van der Waals surface area contributed by atoms with E-state index < -0.39 is 0 Å². The van der Waals surface area contributed by atoms with Gasteiger partial charge in [0.2, 0.25) is 13.3 Å². The van der Waals surface area contributed by atoms with Gasteiger partial charge >= 0.3 is 70.0 Å². The first-order valence-electron chi connectivity index (χ1n) is 24.2. The first-order valence-corrected chi connectivity index (χ1v) is 32.2.